The highest BCUT2D eigenvalue weighted by Crippen LogP contribution is 2.41. The second kappa shape index (κ2) is 7.94. The van der Waals surface area contributed by atoms with Gasteiger partial charge in [0.25, 0.3) is 5.91 Å². The van der Waals surface area contributed by atoms with Crippen molar-refractivity contribution in [1.82, 2.24) is 0 Å². The molecule has 1 fully saturated rings. The van der Waals surface area contributed by atoms with Gasteiger partial charge in [0.05, 0.1) is 5.25 Å². The number of amides is 2. The maximum absolute atomic E-state index is 13.3. The van der Waals surface area contributed by atoms with Crippen LogP contribution >= 0.6 is 27.7 Å². The Morgan fingerprint density at radius 2 is 1.85 bits per heavy atom. The number of rotatable bonds is 4. The third-order valence-electron chi connectivity index (χ3n) is 3.94. The van der Waals surface area contributed by atoms with Crippen molar-refractivity contribution in [2.45, 2.75) is 11.7 Å². The monoisotopic (exact) mass is 445 g/mol. The van der Waals surface area contributed by atoms with Crippen molar-refractivity contribution < 1.29 is 14.0 Å². The molecule has 0 aromatic heterocycles. The molecule has 0 saturated carbocycles. The molecule has 1 saturated heterocycles. The first-order valence-electron chi connectivity index (χ1n) is 7.85. The van der Waals surface area contributed by atoms with E-state index in [1.54, 1.807) is 6.07 Å². The molecule has 1 unspecified atom stereocenters. The van der Waals surface area contributed by atoms with Gasteiger partial charge < -0.3 is 5.73 Å². The molecular weight excluding hydrogens is 433 g/mol. The van der Waals surface area contributed by atoms with Crippen molar-refractivity contribution in [2.75, 3.05) is 4.90 Å². The van der Waals surface area contributed by atoms with Crippen LogP contribution in [0.5, 0.6) is 0 Å². The molecule has 5 nitrogen and oxygen atoms in total. The van der Waals surface area contributed by atoms with Gasteiger partial charge in [-0.2, -0.15) is 5.26 Å². The molecule has 3 rings (SSSR count). The summed E-state index contributed by atoms with van der Waals surface area (Å²) in [6.07, 6.45) is 0.412. The van der Waals surface area contributed by atoms with E-state index < -0.39 is 17.0 Å². The summed E-state index contributed by atoms with van der Waals surface area (Å²) >= 11 is 4.48. The number of anilines is 1. The molecule has 2 aromatic rings. The van der Waals surface area contributed by atoms with Crippen LogP contribution in [-0.2, 0) is 16.0 Å². The van der Waals surface area contributed by atoms with Gasteiger partial charge >= 0.3 is 0 Å². The highest BCUT2D eigenvalue weighted by Gasteiger charge is 2.40. The van der Waals surface area contributed by atoms with Crippen molar-refractivity contribution in [3.05, 3.63) is 75.0 Å². The molecule has 8 heteroatoms. The predicted octanol–water partition coefficient (Wildman–Crippen LogP) is 3.50. The van der Waals surface area contributed by atoms with E-state index in [-0.39, 0.29) is 16.5 Å². The zero-order valence-corrected chi connectivity index (χ0v) is 16.3. The summed E-state index contributed by atoms with van der Waals surface area (Å²) in [6.45, 7) is 0. The Balaban J connectivity index is 2.01. The smallest absolute Gasteiger partial charge is 0.262 e. The summed E-state index contributed by atoms with van der Waals surface area (Å²) in [7, 11) is 0. The van der Waals surface area contributed by atoms with Gasteiger partial charge in [0.2, 0.25) is 5.91 Å². The minimum Gasteiger partial charge on any atom is -0.365 e. The van der Waals surface area contributed by atoms with E-state index in [1.165, 1.54) is 29.2 Å². The van der Waals surface area contributed by atoms with E-state index in [9.17, 15) is 19.2 Å². The first kappa shape index (κ1) is 19.1. The van der Waals surface area contributed by atoms with Crippen molar-refractivity contribution in [1.29, 1.82) is 5.26 Å². The zero-order chi connectivity index (χ0) is 19.6. The molecule has 0 radical (unpaired) electrons. The molecular formula is C19H13BrFN3O2S. The average molecular weight is 446 g/mol. The Morgan fingerprint density at radius 3 is 2.41 bits per heavy atom. The number of nitrogens with zero attached hydrogens (tertiary/aromatic N) is 2. The Bertz CT molecular complexity index is 968. The molecule has 2 aromatic carbocycles. The Morgan fingerprint density at radius 1 is 1.22 bits per heavy atom. The van der Waals surface area contributed by atoms with Gasteiger partial charge in [0.15, 0.2) is 0 Å². The van der Waals surface area contributed by atoms with E-state index in [2.05, 4.69) is 15.9 Å². The second-order valence-corrected chi connectivity index (χ2v) is 7.85. The fourth-order valence-corrected chi connectivity index (χ4v) is 4.24. The molecule has 0 bridgehead atoms. The van der Waals surface area contributed by atoms with Gasteiger partial charge in [-0.05, 0) is 48.4 Å². The topological polar surface area (TPSA) is 87.2 Å². The minimum absolute atomic E-state index is 0.170. The summed E-state index contributed by atoms with van der Waals surface area (Å²) in [5.74, 6) is -1.66. The number of benzene rings is 2. The molecule has 27 heavy (non-hydrogen) atoms. The first-order valence-corrected chi connectivity index (χ1v) is 9.53. The van der Waals surface area contributed by atoms with Gasteiger partial charge in [-0.25, -0.2) is 4.39 Å². The standard InChI is InChI=1S/C19H13BrFN3O2S/c20-12-3-1-11(2-4-12)9-16-18(26)24(14-7-5-13(21)6-8-14)19(27-16)15(10-22)17(23)25/h1-8,16H,9H2,(H2,23,25)/b19-15-. The zero-order valence-electron chi connectivity index (χ0n) is 13.9. The van der Waals surface area contributed by atoms with Crippen LogP contribution in [-0.4, -0.2) is 17.1 Å². The molecule has 2 N–H and O–H groups in total. The number of nitriles is 1. The van der Waals surface area contributed by atoms with E-state index in [1.807, 2.05) is 24.3 Å². The van der Waals surface area contributed by atoms with Crippen molar-refractivity contribution in [3.8, 4) is 6.07 Å². The summed E-state index contributed by atoms with van der Waals surface area (Å²) in [6, 6.07) is 14.6. The average Bonchev–Trinajstić information content (AvgIpc) is 2.94. The number of nitrogens with two attached hydrogens (primary N) is 1. The number of carbonyl (C=O) groups is 2. The number of primary amides is 1. The highest BCUT2D eigenvalue weighted by molar-refractivity contribution is 9.10. The number of thioether (sulfide) groups is 1. The lowest BCUT2D eigenvalue weighted by molar-refractivity contribution is -0.117. The van der Waals surface area contributed by atoms with Crippen molar-refractivity contribution in [2.24, 2.45) is 5.73 Å². The fourth-order valence-electron chi connectivity index (χ4n) is 2.66. The van der Waals surface area contributed by atoms with Crippen LogP contribution in [0.1, 0.15) is 5.56 Å². The normalized spacial score (nSPS) is 18.3. The highest BCUT2D eigenvalue weighted by atomic mass is 79.9. The van der Waals surface area contributed by atoms with Gasteiger partial charge in [0, 0.05) is 10.2 Å². The quantitative estimate of drug-likeness (QED) is 0.576. The van der Waals surface area contributed by atoms with Crippen molar-refractivity contribution >= 4 is 45.2 Å². The summed E-state index contributed by atoms with van der Waals surface area (Å²) in [4.78, 5) is 26.0. The van der Waals surface area contributed by atoms with E-state index >= 15 is 0 Å². The summed E-state index contributed by atoms with van der Waals surface area (Å²) < 4.78 is 14.2. The SMILES string of the molecule is N#C/C(C(N)=O)=C1/SC(Cc2ccc(Br)cc2)C(=O)N1c1ccc(F)cc1. The second-order valence-electron chi connectivity index (χ2n) is 5.74. The molecule has 0 spiro atoms. The molecule has 1 aliphatic heterocycles. The lowest BCUT2D eigenvalue weighted by atomic mass is 10.1. The van der Waals surface area contributed by atoms with E-state index in [0.717, 1.165) is 21.8 Å². The van der Waals surface area contributed by atoms with Crippen LogP contribution in [0.3, 0.4) is 0 Å². The first-order chi connectivity index (χ1) is 12.9. The van der Waals surface area contributed by atoms with Crippen LogP contribution in [0.15, 0.2) is 63.6 Å². The van der Waals surface area contributed by atoms with E-state index in [0.29, 0.717) is 12.1 Å². The maximum Gasteiger partial charge on any atom is 0.262 e. The van der Waals surface area contributed by atoms with E-state index in [4.69, 9.17) is 5.73 Å². The van der Waals surface area contributed by atoms with Crippen LogP contribution in [0.25, 0.3) is 0 Å². The van der Waals surface area contributed by atoms with Gasteiger partial charge in [-0.3, -0.25) is 14.5 Å². The van der Waals surface area contributed by atoms with Gasteiger partial charge in [-0.15, -0.1) is 0 Å². The van der Waals surface area contributed by atoms with Crippen LogP contribution < -0.4 is 10.6 Å². The van der Waals surface area contributed by atoms with Crippen LogP contribution in [0, 0.1) is 17.1 Å². The molecule has 2 amide bonds. The van der Waals surface area contributed by atoms with Crippen LogP contribution in [0.2, 0.25) is 0 Å². The van der Waals surface area contributed by atoms with Gasteiger partial charge in [-0.1, -0.05) is 39.8 Å². The number of carbonyl (C=O) groups excluding carboxylic acids is 2. The maximum atomic E-state index is 13.3. The fraction of sp³-hybridized carbons (Fsp3) is 0.105. The number of halogens is 2. The lowest BCUT2D eigenvalue weighted by Crippen LogP contribution is -2.31. The molecule has 0 aliphatic carbocycles. The molecule has 1 aliphatic rings. The third kappa shape index (κ3) is 4.04. The summed E-state index contributed by atoms with van der Waals surface area (Å²) in [5.41, 5.74) is 6.32. The largest absolute Gasteiger partial charge is 0.365 e. The van der Waals surface area contributed by atoms with Crippen molar-refractivity contribution in [3.63, 3.8) is 0 Å². The lowest BCUT2D eigenvalue weighted by Gasteiger charge is -2.18. The Kier molecular flexibility index (Phi) is 5.63. The molecule has 1 heterocycles. The number of hydrogen-bond donors (Lipinski definition) is 1. The Labute approximate surface area is 167 Å². The molecule has 136 valence electrons. The number of hydrogen-bond acceptors (Lipinski definition) is 4. The Hall–Kier alpha value is -2.63. The van der Waals surface area contributed by atoms with Crippen LogP contribution in [0.4, 0.5) is 10.1 Å². The third-order valence-corrected chi connectivity index (χ3v) is 5.74. The minimum atomic E-state index is -0.913. The predicted molar refractivity (Wildman–Crippen MR) is 105 cm³/mol. The summed E-state index contributed by atoms with van der Waals surface area (Å²) in [5, 5.41) is 8.97. The van der Waals surface area contributed by atoms with Gasteiger partial charge in [0.1, 0.15) is 22.5 Å². The molecule has 1 atom stereocenters.